The number of aryl methyl sites for hydroxylation is 2. The van der Waals surface area contributed by atoms with Crippen LogP contribution in [0.3, 0.4) is 0 Å². The molecule has 24 heavy (non-hydrogen) atoms. The smallest absolute Gasteiger partial charge is 0.278 e. The second kappa shape index (κ2) is 7.72. The van der Waals surface area contributed by atoms with Crippen LogP contribution < -0.4 is 10.9 Å². The van der Waals surface area contributed by atoms with Crippen molar-refractivity contribution in [2.45, 2.75) is 39.2 Å². The van der Waals surface area contributed by atoms with Gasteiger partial charge in [-0.25, -0.2) is 4.98 Å². The molecule has 0 aromatic carbocycles. The molecule has 1 aliphatic rings. The van der Waals surface area contributed by atoms with Crippen LogP contribution in [0.15, 0.2) is 23.0 Å². The van der Waals surface area contributed by atoms with Gasteiger partial charge in [0.2, 0.25) is 0 Å². The van der Waals surface area contributed by atoms with Gasteiger partial charge < -0.3 is 5.32 Å². The Morgan fingerprint density at radius 3 is 2.75 bits per heavy atom. The topological polar surface area (TPSA) is 51.3 Å². The van der Waals surface area contributed by atoms with E-state index in [9.17, 15) is 4.79 Å². The highest BCUT2D eigenvalue weighted by atomic mass is 35.5. The van der Waals surface area contributed by atoms with Gasteiger partial charge in [0.15, 0.2) is 0 Å². The molecule has 0 bridgehead atoms. The highest BCUT2D eigenvalue weighted by Crippen LogP contribution is 2.20. The summed E-state index contributed by atoms with van der Waals surface area (Å²) in [6.45, 7) is 5.01. The second-order valence-corrected chi connectivity index (χ2v) is 6.42. The molecule has 3 aromatic heterocycles. The lowest BCUT2D eigenvalue weighted by Crippen LogP contribution is -2.28. The first kappa shape index (κ1) is 19.0. The third kappa shape index (κ3) is 3.13. The zero-order valence-corrected chi connectivity index (χ0v) is 15.5. The first-order valence-corrected chi connectivity index (χ1v) is 8.26. The Morgan fingerprint density at radius 1 is 1.25 bits per heavy atom. The van der Waals surface area contributed by atoms with E-state index in [0.29, 0.717) is 0 Å². The molecule has 0 radical (unpaired) electrons. The second-order valence-electron chi connectivity index (χ2n) is 6.42. The molecule has 0 amide bonds. The molecule has 4 heterocycles. The molecule has 1 aliphatic heterocycles. The van der Waals surface area contributed by atoms with Crippen molar-refractivity contribution in [3.8, 4) is 0 Å². The van der Waals surface area contributed by atoms with Gasteiger partial charge in [-0.15, -0.1) is 24.8 Å². The highest BCUT2D eigenvalue weighted by molar-refractivity contribution is 5.85. The van der Waals surface area contributed by atoms with Crippen molar-refractivity contribution < 1.29 is 0 Å². The van der Waals surface area contributed by atoms with Crippen LogP contribution >= 0.6 is 24.8 Å². The summed E-state index contributed by atoms with van der Waals surface area (Å²) in [5.74, 6) is 0.817. The molecule has 1 saturated heterocycles. The first-order valence-electron chi connectivity index (χ1n) is 8.26. The molecule has 5 nitrogen and oxygen atoms in total. The van der Waals surface area contributed by atoms with Crippen LogP contribution in [0.2, 0.25) is 0 Å². The predicted molar refractivity (Wildman–Crippen MR) is 102 cm³/mol. The lowest BCUT2D eigenvalue weighted by Gasteiger charge is -2.22. The summed E-state index contributed by atoms with van der Waals surface area (Å²) in [6.07, 6.45) is 4.83. The van der Waals surface area contributed by atoms with E-state index in [4.69, 9.17) is 0 Å². The van der Waals surface area contributed by atoms with Crippen molar-refractivity contribution in [3.05, 3.63) is 34.2 Å². The summed E-state index contributed by atoms with van der Waals surface area (Å²) < 4.78 is 3.93. The van der Waals surface area contributed by atoms with Crippen molar-refractivity contribution in [2.75, 3.05) is 13.1 Å². The van der Waals surface area contributed by atoms with Crippen molar-refractivity contribution >= 4 is 41.6 Å². The molecular formula is C17H24Cl2N4O. The largest absolute Gasteiger partial charge is 0.317 e. The number of halogens is 2. The van der Waals surface area contributed by atoms with Gasteiger partial charge >= 0.3 is 0 Å². The van der Waals surface area contributed by atoms with Gasteiger partial charge in [-0.3, -0.25) is 13.8 Å². The SMILES string of the molecule is Cc1nc2cccc3n(CCCC4CCNCC4)c(=O)c1n23.Cl.Cl. The Kier molecular flexibility index (Phi) is 6.12. The fourth-order valence-electron chi connectivity index (χ4n) is 3.81. The molecule has 0 saturated carbocycles. The number of rotatable bonds is 4. The Balaban J connectivity index is 0.00000104. The Bertz CT molecular complexity index is 851. The normalized spacial score (nSPS) is 15.5. The van der Waals surface area contributed by atoms with E-state index in [0.717, 1.165) is 54.5 Å². The Hall–Kier alpha value is -1.30. The summed E-state index contributed by atoms with van der Waals surface area (Å²) in [5.41, 5.74) is 3.53. The molecule has 7 heteroatoms. The van der Waals surface area contributed by atoms with Crippen LogP contribution in [0.1, 0.15) is 31.4 Å². The summed E-state index contributed by atoms with van der Waals surface area (Å²) >= 11 is 0. The van der Waals surface area contributed by atoms with E-state index in [-0.39, 0.29) is 30.4 Å². The molecular weight excluding hydrogens is 347 g/mol. The van der Waals surface area contributed by atoms with Gasteiger partial charge in [0.25, 0.3) is 5.56 Å². The van der Waals surface area contributed by atoms with Crippen LogP contribution in [0.25, 0.3) is 16.8 Å². The molecule has 0 spiro atoms. The monoisotopic (exact) mass is 370 g/mol. The number of piperidine rings is 1. The zero-order chi connectivity index (χ0) is 15.1. The van der Waals surface area contributed by atoms with E-state index in [1.165, 1.54) is 19.3 Å². The van der Waals surface area contributed by atoms with E-state index in [1.54, 1.807) is 0 Å². The van der Waals surface area contributed by atoms with Crippen LogP contribution in [0, 0.1) is 12.8 Å². The number of nitrogens with zero attached hydrogens (tertiary/aromatic N) is 3. The molecule has 0 atom stereocenters. The third-order valence-electron chi connectivity index (χ3n) is 4.97. The number of aromatic nitrogens is 3. The Labute approximate surface area is 153 Å². The molecule has 1 fully saturated rings. The van der Waals surface area contributed by atoms with E-state index >= 15 is 0 Å². The van der Waals surface area contributed by atoms with Gasteiger partial charge in [-0.05, 0) is 63.7 Å². The van der Waals surface area contributed by atoms with Crippen molar-refractivity contribution in [3.63, 3.8) is 0 Å². The maximum atomic E-state index is 12.7. The number of pyridine rings is 1. The molecule has 1 N–H and O–H groups in total. The minimum Gasteiger partial charge on any atom is -0.317 e. The zero-order valence-electron chi connectivity index (χ0n) is 13.8. The summed E-state index contributed by atoms with van der Waals surface area (Å²) in [7, 11) is 0. The summed E-state index contributed by atoms with van der Waals surface area (Å²) in [4.78, 5) is 17.2. The summed E-state index contributed by atoms with van der Waals surface area (Å²) in [5, 5.41) is 3.41. The number of hydrogen-bond acceptors (Lipinski definition) is 3. The maximum Gasteiger partial charge on any atom is 0.278 e. The Morgan fingerprint density at radius 2 is 2.00 bits per heavy atom. The quantitative estimate of drug-likeness (QED) is 0.767. The van der Waals surface area contributed by atoms with Crippen molar-refractivity contribution in [2.24, 2.45) is 5.92 Å². The number of hydrogen-bond donors (Lipinski definition) is 1. The van der Waals surface area contributed by atoms with Crippen LogP contribution in [-0.4, -0.2) is 27.0 Å². The van der Waals surface area contributed by atoms with Gasteiger partial charge in [0.1, 0.15) is 16.8 Å². The summed E-state index contributed by atoms with van der Waals surface area (Å²) in [6, 6.07) is 5.97. The van der Waals surface area contributed by atoms with Crippen LogP contribution in [0.4, 0.5) is 0 Å². The fourth-order valence-corrected chi connectivity index (χ4v) is 3.81. The molecule has 0 unspecified atom stereocenters. The maximum absolute atomic E-state index is 12.7. The van der Waals surface area contributed by atoms with Crippen molar-refractivity contribution in [1.82, 2.24) is 19.3 Å². The average Bonchev–Trinajstić information content (AvgIpc) is 3.02. The first-order chi connectivity index (χ1) is 10.8. The van der Waals surface area contributed by atoms with E-state index in [2.05, 4.69) is 10.3 Å². The van der Waals surface area contributed by atoms with Crippen LogP contribution in [0.5, 0.6) is 0 Å². The molecule has 0 aliphatic carbocycles. The molecule has 3 aromatic rings. The van der Waals surface area contributed by atoms with Gasteiger partial charge in [0.05, 0.1) is 5.69 Å². The van der Waals surface area contributed by atoms with Crippen molar-refractivity contribution in [1.29, 1.82) is 0 Å². The lowest BCUT2D eigenvalue weighted by atomic mass is 9.93. The molecule has 4 rings (SSSR count). The van der Waals surface area contributed by atoms with Gasteiger partial charge in [0, 0.05) is 6.54 Å². The van der Waals surface area contributed by atoms with Gasteiger partial charge in [-0.1, -0.05) is 6.07 Å². The number of imidazole rings is 2. The van der Waals surface area contributed by atoms with E-state index < -0.39 is 0 Å². The van der Waals surface area contributed by atoms with Crippen LogP contribution in [-0.2, 0) is 6.54 Å². The minimum absolute atomic E-state index is 0. The highest BCUT2D eigenvalue weighted by Gasteiger charge is 2.18. The fraction of sp³-hybridized carbons (Fsp3) is 0.529. The predicted octanol–water partition coefficient (Wildman–Crippen LogP) is 3.02. The minimum atomic E-state index is 0. The van der Waals surface area contributed by atoms with Gasteiger partial charge in [-0.2, -0.15) is 0 Å². The lowest BCUT2D eigenvalue weighted by molar-refractivity contribution is 0.340. The number of nitrogens with one attached hydrogen (secondary N) is 1. The third-order valence-corrected chi connectivity index (χ3v) is 4.97. The standard InChI is InChI=1S/C17H22N4O.2ClH/c1-12-16-17(22)20(11-3-4-13-7-9-18-10-8-13)15-6-2-5-14(19-12)21(15)16;;/h2,5-6,13,18H,3-4,7-11H2,1H3;2*1H. The molecule has 132 valence electrons. The van der Waals surface area contributed by atoms with E-state index in [1.807, 2.05) is 34.1 Å². The average molecular weight is 371 g/mol.